The average molecular weight is 342 g/mol. The number of nitrogens with one attached hydrogen (secondary N) is 1. The molecule has 1 aliphatic heterocycles. The second kappa shape index (κ2) is 7.28. The Morgan fingerprint density at radius 2 is 1.74 bits per heavy atom. The van der Waals surface area contributed by atoms with Crippen LogP contribution in [0.25, 0.3) is 0 Å². The van der Waals surface area contributed by atoms with E-state index in [2.05, 4.69) is 25.5 Å². The largest absolute Gasteiger partial charge is 0.301 e. The summed E-state index contributed by atoms with van der Waals surface area (Å²) < 4.78 is 40.1. The summed E-state index contributed by atoms with van der Waals surface area (Å²) in [6, 6.07) is 7.01. The van der Waals surface area contributed by atoms with Crippen molar-refractivity contribution in [2.45, 2.75) is 50.0 Å². The van der Waals surface area contributed by atoms with Crippen molar-refractivity contribution < 1.29 is 12.8 Å². The minimum Gasteiger partial charge on any atom is -0.301 e. The molecule has 0 amide bonds. The van der Waals surface area contributed by atoms with Crippen LogP contribution in [-0.2, 0) is 15.4 Å². The number of nitrogens with zero attached hydrogens (tertiary/aromatic N) is 1. The molecule has 0 unspecified atom stereocenters. The molecule has 0 bridgehead atoms. The minimum absolute atomic E-state index is 0.00102. The first-order valence-electron chi connectivity index (χ1n) is 8.13. The van der Waals surface area contributed by atoms with Gasteiger partial charge in [-0.15, -0.1) is 0 Å². The molecule has 4 nitrogen and oxygen atoms in total. The number of hydrogen-bond acceptors (Lipinski definition) is 3. The summed E-state index contributed by atoms with van der Waals surface area (Å²) >= 11 is 0. The van der Waals surface area contributed by atoms with E-state index in [9.17, 15) is 12.8 Å². The highest BCUT2D eigenvalue weighted by Gasteiger charge is 2.25. The van der Waals surface area contributed by atoms with Crippen LogP contribution in [0.3, 0.4) is 0 Å². The smallest absolute Gasteiger partial charge is 0.240 e. The molecule has 0 atom stereocenters. The summed E-state index contributed by atoms with van der Waals surface area (Å²) in [5, 5.41) is 0. The van der Waals surface area contributed by atoms with Crippen molar-refractivity contribution in [1.29, 1.82) is 0 Å². The van der Waals surface area contributed by atoms with Crippen LogP contribution in [0, 0.1) is 0 Å². The predicted molar refractivity (Wildman–Crippen MR) is 90.9 cm³/mol. The van der Waals surface area contributed by atoms with Crippen molar-refractivity contribution in [3.8, 4) is 0 Å². The van der Waals surface area contributed by atoms with E-state index < -0.39 is 10.0 Å². The molecule has 1 aromatic carbocycles. The Hall–Kier alpha value is -0.980. The maximum atomic E-state index is 12.5. The van der Waals surface area contributed by atoms with Crippen molar-refractivity contribution in [3.63, 3.8) is 0 Å². The van der Waals surface area contributed by atoms with Gasteiger partial charge >= 0.3 is 0 Å². The Kier molecular flexibility index (Phi) is 5.81. The van der Waals surface area contributed by atoms with Crippen LogP contribution in [-0.4, -0.2) is 45.7 Å². The molecular formula is C17H27FN2O2S. The van der Waals surface area contributed by atoms with Gasteiger partial charge in [-0.2, -0.15) is 0 Å². The van der Waals surface area contributed by atoms with Crippen molar-refractivity contribution >= 4 is 10.0 Å². The number of hydrogen-bond donors (Lipinski definition) is 1. The third kappa shape index (κ3) is 4.99. The molecule has 0 aromatic heterocycles. The highest BCUT2D eigenvalue weighted by atomic mass is 32.2. The number of benzene rings is 1. The normalized spacial score (nSPS) is 18.3. The van der Waals surface area contributed by atoms with E-state index in [1.54, 1.807) is 12.1 Å². The monoisotopic (exact) mass is 342 g/mol. The van der Waals surface area contributed by atoms with Gasteiger partial charge in [-0.05, 0) is 49.0 Å². The molecule has 1 aliphatic rings. The van der Waals surface area contributed by atoms with Gasteiger partial charge in [0.15, 0.2) is 0 Å². The molecule has 0 saturated carbocycles. The van der Waals surface area contributed by atoms with E-state index in [1.165, 1.54) is 0 Å². The first-order chi connectivity index (χ1) is 10.7. The number of rotatable bonds is 5. The molecular weight excluding hydrogens is 315 g/mol. The molecule has 23 heavy (non-hydrogen) atoms. The van der Waals surface area contributed by atoms with E-state index in [4.69, 9.17) is 0 Å². The summed E-state index contributed by atoms with van der Waals surface area (Å²) in [6.07, 6.45) is 1.44. The fourth-order valence-electron chi connectivity index (χ4n) is 2.82. The van der Waals surface area contributed by atoms with Crippen molar-refractivity contribution in [3.05, 3.63) is 29.8 Å². The molecule has 1 N–H and O–H groups in total. The maximum Gasteiger partial charge on any atom is 0.240 e. The molecule has 1 aromatic rings. The van der Waals surface area contributed by atoms with Crippen molar-refractivity contribution in [2.24, 2.45) is 0 Å². The fourth-order valence-corrected chi connectivity index (χ4v) is 4.12. The predicted octanol–water partition coefficient (Wildman–Crippen LogP) is 2.70. The van der Waals surface area contributed by atoms with Gasteiger partial charge in [-0.1, -0.05) is 32.9 Å². The molecule has 0 radical (unpaired) electrons. The Morgan fingerprint density at radius 3 is 2.22 bits per heavy atom. The van der Waals surface area contributed by atoms with E-state index in [1.807, 2.05) is 17.0 Å². The van der Waals surface area contributed by atoms with Crippen LogP contribution < -0.4 is 4.72 Å². The van der Waals surface area contributed by atoms with E-state index in [-0.39, 0.29) is 18.1 Å². The Labute approximate surface area is 139 Å². The number of halogens is 1. The first kappa shape index (κ1) is 18.4. The van der Waals surface area contributed by atoms with Gasteiger partial charge in [-0.3, -0.25) is 0 Å². The van der Waals surface area contributed by atoms with E-state index in [0.29, 0.717) is 11.4 Å². The standard InChI is InChI=1S/C17H27FN2O2S/c1-17(2,3)14-4-6-16(7-5-14)23(21,22)19-15-8-11-20(12-9-15)13-10-18/h4-7,15,19H,8-13H2,1-3H3. The highest BCUT2D eigenvalue weighted by molar-refractivity contribution is 7.89. The summed E-state index contributed by atoms with van der Waals surface area (Å²) in [7, 11) is -3.49. The lowest BCUT2D eigenvalue weighted by molar-refractivity contribution is 0.193. The average Bonchev–Trinajstić information content (AvgIpc) is 2.48. The zero-order valence-corrected chi connectivity index (χ0v) is 15.0. The Balaban J connectivity index is 2.00. The van der Waals surface area contributed by atoms with Crippen molar-refractivity contribution in [2.75, 3.05) is 26.3 Å². The molecule has 1 fully saturated rings. The van der Waals surface area contributed by atoms with Crippen LogP contribution in [0.1, 0.15) is 39.2 Å². The topological polar surface area (TPSA) is 49.4 Å². The Morgan fingerprint density at radius 1 is 1.17 bits per heavy atom. The van der Waals surface area contributed by atoms with Crippen LogP contribution >= 0.6 is 0 Å². The second-order valence-corrected chi connectivity index (χ2v) is 8.91. The van der Waals surface area contributed by atoms with Crippen molar-refractivity contribution in [1.82, 2.24) is 9.62 Å². The third-order valence-electron chi connectivity index (χ3n) is 4.34. The van der Waals surface area contributed by atoms with Crippen LogP contribution in [0.4, 0.5) is 4.39 Å². The van der Waals surface area contributed by atoms with Gasteiger partial charge in [0.25, 0.3) is 0 Å². The summed E-state index contributed by atoms with van der Waals surface area (Å²) in [5.74, 6) is 0. The van der Waals surface area contributed by atoms with Crippen LogP contribution in [0.2, 0.25) is 0 Å². The summed E-state index contributed by atoms with van der Waals surface area (Å²) in [4.78, 5) is 2.33. The molecule has 2 rings (SSSR count). The lowest BCUT2D eigenvalue weighted by Gasteiger charge is -2.31. The minimum atomic E-state index is -3.49. The number of piperidine rings is 1. The second-order valence-electron chi connectivity index (χ2n) is 7.20. The molecule has 6 heteroatoms. The fraction of sp³-hybridized carbons (Fsp3) is 0.647. The molecule has 1 heterocycles. The molecule has 130 valence electrons. The molecule has 0 spiro atoms. The molecule has 0 aliphatic carbocycles. The van der Waals surface area contributed by atoms with Gasteiger partial charge in [0.1, 0.15) is 6.67 Å². The van der Waals surface area contributed by atoms with Crippen LogP contribution in [0.5, 0.6) is 0 Å². The van der Waals surface area contributed by atoms with Gasteiger partial charge in [0, 0.05) is 12.6 Å². The summed E-state index contributed by atoms with van der Waals surface area (Å²) in [5.41, 5.74) is 1.11. The quantitative estimate of drug-likeness (QED) is 0.895. The lowest BCUT2D eigenvalue weighted by atomic mass is 9.87. The zero-order valence-electron chi connectivity index (χ0n) is 14.2. The van der Waals surface area contributed by atoms with Gasteiger partial charge in [-0.25, -0.2) is 17.5 Å². The highest BCUT2D eigenvalue weighted by Crippen LogP contribution is 2.23. The van der Waals surface area contributed by atoms with Gasteiger partial charge in [0.05, 0.1) is 4.90 Å². The lowest BCUT2D eigenvalue weighted by Crippen LogP contribution is -2.45. The Bertz CT molecular complexity index is 600. The number of sulfonamides is 1. The van der Waals surface area contributed by atoms with Gasteiger partial charge in [0.2, 0.25) is 10.0 Å². The number of likely N-dealkylation sites (tertiary alicyclic amines) is 1. The molecule has 1 saturated heterocycles. The van der Waals surface area contributed by atoms with E-state index >= 15 is 0 Å². The van der Waals surface area contributed by atoms with Crippen LogP contribution in [0.15, 0.2) is 29.2 Å². The first-order valence-corrected chi connectivity index (χ1v) is 9.62. The maximum absolute atomic E-state index is 12.5. The van der Waals surface area contributed by atoms with E-state index in [0.717, 1.165) is 31.5 Å². The number of alkyl halides is 1. The summed E-state index contributed by atoms with van der Waals surface area (Å²) in [6.45, 7) is 7.85. The SMILES string of the molecule is CC(C)(C)c1ccc(S(=O)(=O)NC2CCN(CCF)CC2)cc1. The third-order valence-corrected chi connectivity index (χ3v) is 5.88. The zero-order chi connectivity index (χ0) is 17.1. The van der Waals surface area contributed by atoms with Gasteiger partial charge < -0.3 is 4.90 Å².